The number of rotatable bonds is 4. The van der Waals surface area contributed by atoms with Gasteiger partial charge in [0.15, 0.2) is 0 Å². The number of carbonyl (C=O) groups is 1. The topological polar surface area (TPSA) is 59.7 Å². The second kappa shape index (κ2) is 5.80. The first-order chi connectivity index (χ1) is 11.0. The van der Waals surface area contributed by atoms with E-state index >= 15 is 0 Å². The smallest absolute Gasteiger partial charge is 0.372 e. The predicted octanol–water partition coefficient (Wildman–Crippen LogP) is 4.64. The van der Waals surface area contributed by atoms with Crippen LogP contribution < -0.4 is 4.74 Å². The molecule has 0 fully saturated rings. The fraction of sp³-hybridized carbons (Fsp3) is 0.211. The Bertz CT molecular complexity index is 870. The molecule has 0 unspecified atom stereocenters. The van der Waals surface area contributed by atoms with Gasteiger partial charge in [0, 0.05) is 5.56 Å². The second-order valence-corrected chi connectivity index (χ2v) is 5.78. The van der Waals surface area contributed by atoms with Crippen molar-refractivity contribution in [1.29, 1.82) is 0 Å². The quantitative estimate of drug-likeness (QED) is 0.763. The van der Waals surface area contributed by atoms with Gasteiger partial charge >= 0.3 is 5.97 Å². The van der Waals surface area contributed by atoms with Crippen molar-refractivity contribution in [3.63, 3.8) is 0 Å². The van der Waals surface area contributed by atoms with Gasteiger partial charge in [-0.2, -0.15) is 0 Å². The lowest BCUT2D eigenvalue weighted by molar-refractivity contribution is 0.0664. The first-order valence-corrected chi connectivity index (χ1v) is 7.41. The average Bonchev–Trinajstić information content (AvgIpc) is 2.82. The van der Waals surface area contributed by atoms with E-state index in [1.165, 1.54) is 11.1 Å². The highest BCUT2D eigenvalue weighted by atomic mass is 16.5. The molecule has 0 aliphatic rings. The molecule has 1 heterocycles. The van der Waals surface area contributed by atoms with Crippen molar-refractivity contribution in [1.82, 2.24) is 0 Å². The number of aryl methyl sites for hydroxylation is 3. The number of hydrogen-bond donors (Lipinski definition) is 1. The lowest BCUT2D eigenvalue weighted by Crippen LogP contribution is -1.98. The number of benzene rings is 2. The van der Waals surface area contributed by atoms with Crippen molar-refractivity contribution < 1.29 is 19.1 Å². The number of fused-ring (bicyclic) bond motifs is 1. The number of ether oxygens (including phenoxy) is 1. The molecule has 3 rings (SSSR count). The second-order valence-electron chi connectivity index (χ2n) is 5.78. The largest absolute Gasteiger partial charge is 0.488 e. The Labute approximate surface area is 134 Å². The lowest BCUT2D eigenvalue weighted by Gasteiger charge is -2.09. The Hall–Kier alpha value is -2.75. The van der Waals surface area contributed by atoms with E-state index in [9.17, 15) is 9.90 Å². The molecule has 1 N–H and O–H groups in total. The van der Waals surface area contributed by atoms with Gasteiger partial charge in [0.25, 0.3) is 0 Å². The van der Waals surface area contributed by atoms with Crippen LogP contribution in [0.15, 0.2) is 40.8 Å². The van der Waals surface area contributed by atoms with E-state index in [0.717, 1.165) is 5.56 Å². The molecule has 4 nitrogen and oxygen atoms in total. The summed E-state index contributed by atoms with van der Waals surface area (Å²) in [7, 11) is 0. The molecule has 2 aromatic carbocycles. The van der Waals surface area contributed by atoms with Gasteiger partial charge in [0.1, 0.15) is 17.9 Å². The van der Waals surface area contributed by atoms with E-state index in [-0.39, 0.29) is 5.76 Å². The minimum atomic E-state index is -1.07. The molecular weight excluding hydrogens is 292 g/mol. The fourth-order valence-electron chi connectivity index (χ4n) is 2.90. The Balaban J connectivity index is 1.95. The molecule has 0 amide bonds. The van der Waals surface area contributed by atoms with Crippen LogP contribution in [0, 0.1) is 20.8 Å². The molecule has 0 spiro atoms. The van der Waals surface area contributed by atoms with Crippen molar-refractivity contribution in [3.05, 3.63) is 64.4 Å². The molecule has 118 valence electrons. The normalized spacial score (nSPS) is 10.9. The summed E-state index contributed by atoms with van der Waals surface area (Å²) in [6, 6.07) is 11.7. The predicted molar refractivity (Wildman–Crippen MR) is 88.2 cm³/mol. The maximum Gasteiger partial charge on any atom is 0.372 e. The van der Waals surface area contributed by atoms with Gasteiger partial charge in [-0.1, -0.05) is 35.4 Å². The molecule has 0 saturated carbocycles. The highest BCUT2D eigenvalue weighted by molar-refractivity contribution is 5.97. The van der Waals surface area contributed by atoms with E-state index in [0.29, 0.717) is 28.9 Å². The average molecular weight is 310 g/mol. The summed E-state index contributed by atoms with van der Waals surface area (Å²) >= 11 is 0. The monoisotopic (exact) mass is 310 g/mol. The van der Waals surface area contributed by atoms with Crippen LogP contribution in [0.3, 0.4) is 0 Å². The van der Waals surface area contributed by atoms with E-state index in [1.54, 1.807) is 19.1 Å². The lowest BCUT2D eigenvalue weighted by atomic mass is 10.1. The van der Waals surface area contributed by atoms with Crippen molar-refractivity contribution >= 4 is 16.9 Å². The molecule has 0 saturated heterocycles. The SMILES string of the molecule is Cc1cc(C)cc(COc2cccc3oc(C(=O)O)c(C)c23)c1. The van der Waals surface area contributed by atoms with Gasteiger partial charge in [-0.05, 0) is 38.5 Å². The molecule has 0 radical (unpaired) electrons. The fourth-order valence-corrected chi connectivity index (χ4v) is 2.90. The van der Waals surface area contributed by atoms with Crippen molar-refractivity contribution in [2.75, 3.05) is 0 Å². The van der Waals surface area contributed by atoms with Gasteiger partial charge in [-0.3, -0.25) is 0 Å². The van der Waals surface area contributed by atoms with E-state index in [4.69, 9.17) is 9.15 Å². The molecule has 0 atom stereocenters. The van der Waals surface area contributed by atoms with Gasteiger partial charge in [0.05, 0.1) is 5.39 Å². The summed E-state index contributed by atoms with van der Waals surface area (Å²) in [5.41, 5.74) is 4.57. The van der Waals surface area contributed by atoms with Gasteiger partial charge in [-0.25, -0.2) is 4.79 Å². The zero-order valence-electron chi connectivity index (χ0n) is 13.3. The van der Waals surface area contributed by atoms with Crippen molar-refractivity contribution in [2.45, 2.75) is 27.4 Å². The molecule has 1 aromatic heterocycles. The van der Waals surface area contributed by atoms with E-state index < -0.39 is 5.97 Å². The van der Waals surface area contributed by atoms with Crippen LogP contribution in [-0.4, -0.2) is 11.1 Å². The summed E-state index contributed by atoms with van der Waals surface area (Å²) in [6.07, 6.45) is 0. The van der Waals surface area contributed by atoms with Crippen LogP contribution in [0.25, 0.3) is 11.0 Å². The molecule has 0 aliphatic carbocycles. The van der Waals surface area contributed by atoms with Gasteiger partial charge in [-0.15, -0.1) is 0 Å². The van der Waals surface area contributed by atoms with Crippen molar-refractivity contribution in [3.8, 4) is 5.75 Å². The Morgan fingerprint density at radius 3 is 2.48 bits per heavy atom. The third-order valence-corrected chi connectivity index (χ3v) is 3.79. The van der Waals surface area contributed by atoms with Crippen LogP contribution >= 0.6 is 0 Å². The molecule has 23 heavy (non-hydrogen) atoms. The molecule has 0 aliphatic heterocycles. The van der Waals surface area contributed by atoms with Crippen LogP contribution in [0.1, 0.15) is 32.8 Å². The minimum Gasteiger partial charge on any atom is -0.488 e. The van der Waals surface area contributed by atoms with Gasteiger partial charge < -0.3 is 14.3 Å². The first kappa shape index (κ1) is 15.2. The maximum absolute atomic E-state index is 11.2. The number of furan rings is 1. The van der Waals surface area contributed by atoms with Crippen molar-refractivity contribution in [2.24, 2.45) is 0 Å². The third kappa shape index (κ3) is 2.93. The number of hydrogen-bond acceptors (Lipinski definition) is 3. The zero-order chi connectivity index (χ0) is 16.6. The Morgan fingerprint density at radius 1 is 1.13 bits per heavy atom. The van der Waals surface area contributed by atoms with Crippen LogP contribution in [0.2, 0.25) is 0 Å². The first-order valence-electron chi connectivity index (χ1n) is 7.41. The Morgan fingerprint density at radius 2 is 1.83 bits per heavy atom. The summed E-state index contributed by atoms with van der Waals surface area (Å²) in [5, 5.41) is 9.91. The summed E-state index contributed by atoms with van der Waals surface area (Å²) in [4.78, 5) is 11.2. The van der Waals surface area contributed by atoms with Crippen LogP contribution in [0.5, 0.6) is 5.75 Å². The zero-order valence-corrected chi connectivity index (χ0v) is 13.3. The van der Waals surface area contributed by atoms with Crippen LogP contribution in [0.4, 0.5) is 0 Å². The van der Waals surface area contributed by atoms with E-state index in [1.807, 2.05) is 6.07 Å². The summed E-state index contributed by atoms with van der Waals surface area (Å²) < 4.78 is 11.3. The molecule has 0 bridgehead atoms. The van der Waals surface area contributed by atoms with Gasteiger partial charge in [0.2, 0.25) is 5.76 Å². The Kier molecular flexibility index (Phi) is 3.82. The summed E-state index contributed by atoms with van der Waals surface area (Å²) in [6.45, 7) is 6.26. The standard InChI is InChI=1S/C19H18O4/c1-11-7-12(2)9-14(8-11)10-22-15-5-4-6-16-17(15)13(3)18(23-16)19(20)21/h4-9H,10H2,1-3H3,(H,20,21). The molecular formula is C19H18O4. The molecule has 3 aromatic rings. The van der Waals surface area contributed by atoms with E-state index in [2.05, 4.69) is 32.0 Å². The number of carboxylic acid groups (broad SMARTS) is 1. The minimum absolute atomic E-state index is 0.0394. The number of aromatic carboxylic acids is 1. The molecule has 4 heteroatoms. The third-order valence-electron chi connectivity index (χ3n) is 3.79. The highest BCUT2D eigenvalue weighted by Gasteiger charge is 2.19. The summed E-state index contributed by atoms with van der Waals surface area (Å²) in [5.74, 6) is -0.475. The highest BCUT2D eigenvalue weighted by Crippen LogP contribution is 2.33. The maximum atomic E-state index is 11.2. The van der Waals surface area contributed by atoms with Crippen LogP contribution in [-0.2, 0) is 6.61 Å². The number of carboxylic acids is 1.